The zero-order valence-corrected chi connectivity index (χ0v) is 10.7. The molecule has 1 aliphatic heterocycles. The van der Waals surface area contributed by atoms with E-state index < -0.39 is 0 Å². The second kappa shape index (κ2) is 6.12. The number of pyridine rings is 1. The highest BCUT2D eigenvalue weighted by molar-refractivity contribution is 5.16. The van der Waals surface area contributed by atoms with Crippen molar-refractivity contribution in [3.05, 3.63) is 30.1 Å². The molecule has 0 aromatic carbocycles. The van der Waals surface area contributed by atoms with Crippen LogP contribution in [0, 0.1) is 0 Å². The maximum atomic E-state index is 6.31. The minimum atomic E-state index is 0.206. The van der Waals surface area contributed by atoms with Crippen LogP contribution >= 0.6 is 0 Å². The fourth-order valence-electron chi connectivity index (χ4n) is 2.70. The Morgan fingerprint density at radius 1 is 1.35 bits per heavy atom. The number of likely N-dealkylation sites (tertiary alicyclic amines) is 1. The molecule has 1 saturated heterocycles. The van der Waals surface area contributed by atoms with Gasteiger partial charge in [0, 0.05) is 18.4 Å². The highest BCUT2D eigenvalue weighted by Crippen LogP contribution is 2.27. The van der Waals surface area contributed by atoms with E-state index in [1.54, 1.807) is 0 Å². The summed E-state index contributed by atoms with van der Waals surface area (Å²) in [6.07, 6.45) is 8.76. The molecule has 0 bridgehead atoms. The second-order valence-corrected chi connectivity index (χ2v) is 4.90. The lowest BCUT2D eigenvalue weighted by molar-refractivity contribution is 0.140. The number of nitrogens with zero attached hydrogens (tertiary/aromatic N) is 2. The average Bonchev–Trinajstić information content (AvgIpc) is 2.41. The van der Waals surface area contributed by atoms with Crippen LogP contribution in [0.4, 0.5) is 0 Å². The molecule has 1 aromatic rings. The van der Waals surface area contributed by atoms with Crippen molar-refractivity contribution in [2.24, 2.45) is 5.73 Å². The Kier molecular flexibility index (Phi) is 4.51. The molecule has 17 heavy (non-hydrogen) atoms. The van der Waals surface area contributed by atoms with E-state index in [4.69, 9.17) is 5.73 Å². The first kappa shape index (κ1) is 12.5. The number of aromatic nitrogens is 1. The van der Waals surface area contributed by atoms with Crippen molar-refractivity contribution in [2.45, 2.75) is 44.7 Å². The van der Waals surface area contributed by atoms with E-state index in [2.05, 4.69) is 22.9 Å². The molecular formula is C14H23N3. The van der Waals surface area contributed by atoms with Crippen LogP contribution in [0.5, 0.6) is 0 Å². The van der Waals surface area contributed by atoms with Gasteiger partial charge in [-0.15, -0.1) is 0 Å². The molecule has 94 valence electrons. The Labute approximate surface area is 104 Å². The molecule has 2 atom stereocenters. The third-order valence-corrected chi connectivity index (χ3v) is 3.69. The summed E-state index contributed by atoms with van der Waals surface area (Å²) < 4.78 is 0. The van der Waals surface area contributed by atoms with Gasteiger partial charge in [-0.25, -0.2) is 0 Å². The number of hydrogen-bond acceptors (Lipinski definition) is 3. The van der Waals surface area contributed by atoms with Crippen LogP contribution in [0.15, 0.2) is 24.5 Å². The second-order valence-electron chi connectivity index (χ2n) is 4.90. The quantitative estimate of drug-likeness (QED) is 0.868. The number of nitrogens with two attached hydrogens (primary N) is 1. The first-order chi connectivity index (χ1) is 8.33. The highest BCUT2D eigenvalue weighted by Gasteiger charge is 2.26. The maximum Gasteiger partial charge on any atom is 0.0514 e. The van der Waals surface area contributed by atoms with Crippen molar-refractivity contribution in [1.82, 2.24) is 9.88 Å². The molecule has 1 fully saturated rings. The zero-order valence-electron chi connectivity index (χ0n) is 10.7. The summed E-state index contributed by atoms with van der Waals surface area (Å²) in [5, 5.41) is 0. The lowest BCUT2D eigenvalue weighted by Crippen LogP contribution is -2.43. The first-order valence-electron chi connectivity index (χ1n) is 6.72. The van der Waals surface area contributed by atoms with Gasteiger partial charge in [0.05, 0.1) is 6.04 Å². The van der Waals surface area contributed by atoms with E-state index >= 15 is 0 Å². The van der Waals surface area contributed by atoms with Crippen molar-refractivity contribution in [3.8, 4) is 0 Å². The van der Waals surface area contributed by atoms with E-state index in [1.165, 1.54) is 37.9 Å². The van der Waals surface area contributed by atoms with Crippen LogP contribution in [-0.4, -0.2) is 29.0 Å². The molecule has 0 aliphatic carbocycles. The molecule has 2 rings (SSSR count). The predicted octanol–water partition coefficient (Wildman–Crippen LogP) is 2.35. The van der Waals surface area contributed by atoms with Gasteiger partial charge in [-0.1, -0.05) is 19.4 Å². The molecular weight excluding hydrogens is 210 g/mol. The molecule has 2 heterocycles. The van der Waals surface area contributed by atoms with Crippen molar-refractivity contribution < 1.29 is 0 Å². The van der Waals surface area contributed by atoms with Gasteiger partial charge in [0.25, 0.3) is 0 Å². The lowest BCUT2D eigenvalue weighted by Gasteiger charge is -2.37. The van der Waals surface area contributed by atoms with Gasteiger partial charge in [-0.3, -0.25) is 9.88 Å². The fraction of sp³-hybridized carbons (Fsp3) is 0.643. The van der Waals surface area contributed by atoms with E-state index in [9.17, 15) is 0 Å². The number of piperidine rings is 1. The molecule has 0 radical (unpaired) electrons. The minimum absolute atomic E-state index is 0.206. The number of rotatable bonds is 4. The van der Waals surface area contributed by atoms with Gasteiger partial charge in [0.15, 0.2) is 0 Å². The third kappa shape index (κ3) is 3.05. The van der Waals surface area contributed by atoms with E-state index in [-0.39, 0.29) is 6.04 Å². The average molecular weight is 233 g/mol. The Hall–Kier alpha value is -0.930. The molecule has 2 unspecified atom stereocenters. The summed E-state index contributed by atoms with van der Waals surface area (Å²) in [6, 6.07) is 4.71. The van der Waals surface area contributed by atoms with Gasteiger partial charge in [0.1, 0.15) is 0 Å². The molecule has 3 nitrogen and oxygen atoms in total. The largest absolute Gasteiger partial charge is 0.326 e. The monoisotopic (exact) mass is 233 g/mol. The Morgan fingerprint density at radius 3 is 2.71 bits per heavy atom. The molecule has 1 aromatic heterocycles. The van der Waals surface area contributed by atoms with Gasteiger partial charge in [-0.2, -0.15) is 0 Å². The first-order valence-corrected chi connectivity index (χ1v) is 6.72. The summed E-state index contributed by atoms with van der Waals surface area (Å²) in [7, 11) is 0. The maximum absolute atomic E-state index is 6.31. The summed E-state index contributed by atoms with van der Waals surface area (Å²) >= 11 is 0. The molecule has 2 N–H and O–H groups in total. The Bertz CT molecular complexity index is 319. The molecule has 0 spiro atoms. The smallest absolute Gasteiger partial charge is 0.0514 e. The van der Waals surface area contributed by atoms with Crippen LogP contribution in [0.25, 0.3) is 0 Å². The molecule has 0 amide bonds. The predicted molar refractivity (Wildman–Crippen MR) is 70.7 cm³/mol. The van der Waals surface area contributed by atoms with Crippen molar-refractivity contribution in [1.29, 1.82) is 0 Å². The van der Waals surface area contributed by atoms with Crippen molar-refractivity contribution >= 4 is 0 Å². The Morgan fingerprint density at radius 2 is 2.12 bits per heavy atom. The van der Waals surface area contributed by atoms with E-state index in [0.29, 0.717) is 6.04 Å². The Balaban J connectivity index is 2.18. The van der Waals surface area contributed by atoms with E-state index in [0.717, 1.165) is 6.42 Å². The van der Waals surface area contributed by atoms with Crippen LogP contribution in [0.3, 0.4) is 0 Å². The zero-order chi connectivity index (χ0) is 12.1. The van der Waals surface area contributed by atoms with E-state index in [1.807, 2.05) is 18.5 Å². The molecule has 1 aliphatic rings. The van der Waals surface area contributed by atoms with Crippen LogP contribution in [-0.2, 0) is 0 Å². The molecule has 3 heteroatoms. The van der Waals surface area contributed by atoms with Gasteiger partial charge in [-0.05, 0) is 44.0 Å². The van der Waals surface area contributed by atoms with Crippen molar-refractivity contribution in [2.75, 3.05) is 13.1 Å². The summed E-state index contributed by atoms with van der Waals surface area (Å²) in [4.78, 5) is 6.77. The van der Waals surface area contributed by atoms with Crippen LogP contribution in [0.2, 0.25) is 0 Å². The minimum Gasteiger partial charge on any atom is -0.326 e. The third-order valence-electron chi connectivity index (χ3n) is 3.69. The molecule has 0 saturated carbocycles. The van der Waals surface area contributed by atoms with Gasteiger partial charge in [0.2, 0.25) is 0 Å². The highest BCUT2D eigenvalue weighted by atomic mass is 15.2. The van der Waals surface area contributed by atoms with Crippen LogP contribution in [0.1, 0.15) is 44.2 Å². The standard InChI is InChI=1S/C14H23N3/c1-2-13(15)14(12-7-6-8-16-11-12)17-9-4-3-5-10-17/h6-8,11,13-14H,2-5,9-10,15H2,1H3. The summed E-state index contributed by atoms with van der Waals surface area (Å²) in [5.41, 5.74) is 7.58. The fourth-order valence-corrected chi connectivity index (χ4v) is 2.70. The SMILES string of the molecule is CCC(N)C(c1cccnc1)N1CCCCC1. The summed E-state index contributed by atoms with van der Waals surface area (Å²) in [5.74, 6) is 0. The van der Waals surface area contributed by atoms with Crippen LogP contribution < -0.4 is 5.73 Å². The van der Waals surface area contributed by atoms with Gasteiger partial charge >= 0.3 is 0 Å². The number of hydrogen-bond donors (Lipinski definition) is 1. The lowest BCUT2D eigenvalue weighted by atomic mass is 9.95. The summed E-state index contributed by atoms with van der Waals surface area (Å²) in [6.45, 7) is 4.51. The van der Waals surface area contributed by atoms with Crippen molar-refractivity contribution in [3.63, 3.8) is 0 Å². The normalized spacial score (nSPS) is 21.1. The van der Waals surface area contributed by atoms with Gasteiger partial charge < -0.3 is 5.73 Å². The topological polar surface area (TPSA) is 42.1 Å².